The van der Waals surface area contributed by atoms with Crippen LogP contribution in [0.25, 0.3) is 11.1 Å². The standard InChI is InChI=1S/C16H18N2O3S/c1-22(20,21)13-7-8-18(11-13)16(19)15-10-17-9-14(15)12-5-3-2-4-6-12/h2-6,9-10,13,17H,7-8,11H2,1H3. The number of aromatic amines is 1. The normalized spacial score (nSPS) is 18.6. The molecule has 1 amide bonds. The van der Waals surface area contributed by atoms with E-state index in [-0.39, 0.29) is 12.5 Å². The maximum absolute atomic E-state index is 12.7. The van der Waals surface area contributed by atoms with E-state index in [1.165, 1.54) is 6.26 Å². The van der Waals surface area contributed by atoms with Crippen LogP contribution in [0.15, 0.2) is 42.7 Å². The Morgan fingerprint density at radius 2 is 1.95 bits per heavy atom. The molecule has 1 atom stereocenters. The number of sulfone groups is 1. The Labute approximate surface area is 129 Å². The molecular formula is C16H18N2O3S. The molecule has 2 heterocycles. The maximum Gasteiger partial charge on any atom is 0.256 e. The van der Waals surface area contributed by atoms with E-state index in [1.54, 1.807) is 17.3 Å². The fraction of sp³-hybridized carbons (Fsp3) is 0.312. The monoisotopic (exact) mass is 318 g/mol. The second-order valence-electron chi connectivity index (χ2n) is 5.64. The lowest BCUT2D eigenvalue weighted by atomic mass is 10.0. The van der Waals surface area contributed by atoms with E-state index >= 15 is 0 Å². The van der Waals surface area contributed by atoms with Crippen molar-refractivity contribution in [3.8, 4) is 11.1 Å². The largest absolute Gasteiger partial charge is 0.366 e. The Morgan fingerprint density at radius 3 is 2.59 bits per heavy atom. The third kappa shape index (κ3) is 2.78. The molecule has 1 aromatic carbocycles. The zero-order valence-corrected chi connectivity index (χ0v) is 13.1. The molecule has 1 fully saturated rings. The molecular weight excluding hydrogens is 300 g/mol. The van der Waals surface area contributed by atoms with Gasteiger partial charge < -0.3 is 9.88 Å². The molecule has 0 radical (unpaired) electrons. The Kier molecular flexibility index (Phi) is 3.78. The van der Waals surface area contributed by atoms with Gasteiger partial charge in [-0.3, -0.25) is 4.79 Å². The number of nitrogens with one attached hydrogen (secondary N) is 1. The quantitative estimate of drug-likeness (QED) is 0.940. The summed E-state index contributed by atoms with van der Waals surface area (Å²) < 4.78 is 23.3. The van der Waals surface area contributed by atoms with E-state index in [0.717, 1.165) is 11.1 Å². The molecule has 0 saturated carbocycles. The second kappa shape index (κ2) is 5.61. The molecule has 22 heavy (non-hydrogen) atoms. The summed E-state index contributed by atoms with van der Waals surface area (Å²) in [7, 11) is -3.10. The van der Waals surface area contributed by atoms with E-state index in [4.69, 9.17) is 0 Å². The summed E-state index contributed by atoms with van der Waals surface area (Å²) in [5, 5.41) is -0.449. The molecule has 1 aliphatic heterocycles. The van der Waals surface area contributed by atoms with E-state index in [9.17, 15) is 13.2 Å². The van der Waals surface area contributed by atoms with Gasteiger partial charge in [0.2, 0.25) is 0 Å². The topological polar surface area (TPSA) is 70.2 Å². The van der Waals surface area contributed by atoms with Gasteiger partial charge in [0.1, 0.15) is 0 Å². The predicted molar refractivity (Wildman–Crippen MR) is 85.4 cm³/mol. The van der Waals surface area contributed by atoms with Crippen molar-refractivity contribution in [1.29, 1.82) is 0 Å². The molecule has 2 aromatic rings. The minimum atomic E-state index is -3.10. The van der Waals surface area contributed by atoms with Crippen molar-refractivity contribution in [2.24, 2.45) is 0 Å². The number of rotatable bonds is 3. The molecule has 1 N–H and O–H groups in total. The minimum Gasteiger partial charge on any atom is -0.366 e. The van der Waals surface area contributed by atoms with Crippen molar-refractivity contribution < 1.29 is 13.2 Å². The first-order chi connectivity index (χ1) is 10.5. The number of carbonyl (C=O) groups is 1. The molecule has 0 spiro atoms. The number of aromatic nitrogens is 1. The van der Waals surface area contributed by atoms with Crippen molar-refractivity contribution in [1.82, 2.24) is 9.88 Å². The maximum atomic E-state index is 12.7. The number of amides is 1. The highest BCUT2D eigenvalue weighted by Gasteiger charge is 2.33. The van der Waals surface area contributed by atoms with E-state index in [0.29, 0.717) is 18.5 Å². The van der Waals surface area contributed by atoms with Gasteiger partial charge in [-0.2, -0.15) is 0 Å². The van der Waals surface area contributed by atoms with Gasteiger partial charge in [-0.15, -0.1) is 0 Å². The van der Waals surface area contributed by atoms with E-state index in [1.807, 2.05) is 30.3 Å². The van der Waals surface area contributed by atoms with Gasteiger partial charge in [0, 0.05) is 37.3 Å². The molecule has 0 aliphatic carbocycles. The molecule has 1 aliphatic rings. The van der Waals surface area contributed by atoms with Crippen molar-refractivity contribution in [2.75, 3.05) is 19.3 Å². The van der Waals surface area contributed by atoms with Crippen LogP contribution in [0.1, 0.15) is 16.8 Å². The molecule has 1 saturated heterocycles. The predicted octanol–water partition coefficient (Wildman–Crippen LogP) is 1.94. The zero-order valence-electron chi connectivity index (χ0n) is 12.3. The fourth-order valence-electron chi connectivity index (χ4n) is 2.83. The van der Waals surface area contributed by atoms with Gasteiger partial charge in [0.15, 0.2) is 9.84 Å². The van der Waals surface area contributed by atoms with Crippen LogP contribution in [0.5, 0.6) is 0 Å². The average Bonchev–Trinajstić information content (AvgIpc) is 3.16. The first-order valence-corrected chi connectivity index (χ1v) is 9.12. The van der Waals surface area contributed by atoms with Crippen LogP contribution < -0.4 is 0 Å². The van der Waals surface area contributed by atoms with Crippen LogP contribution in [0.2, 0.25) is 0 Å². The highest BCUT2D eigenvalue weighted by atomic mass is 32.2. The lowest BCUT2D eigenvalue weighted by Crippen LogP contribution is -2.31. The highest BCUT2D eigenvalue weighted by molar-refractivity contribution is 7.91. The molecule has 6 heteroatoms. The average molecular weight is 318 g/mol. The number of nitrogens with zero attached hydrogens (tertiary/aromatic N) is 1. The number of benzene rings is 1. The summed E-state index contributed by atoms with van der Waals surface area (Å²) in [5.41, 5.74) is 2.39. The van der Waals surface area contributed by atoms with Crippen LogP contribution >= 0.6 is 0 Å². The van der Waals surface area contributed by atoms with Crippen molar-refractivity contribution >= 4 is 15.7 Å². The molecule has 1 aromatic heterocycles. The lowest BCUT2D eigenvalue weighted by molar-refractivity contribution is 0.0794. The third-order valence-corrected chi connectivity index (χ3v) is 5.69. The second-order valence-corrected chi connectivity index (χ2v) is 7.97. The van der Waals surface area contributed by atoms with Crippen molar-refractivity contribution in [3.63, 3.8) is 0 Å². The Morgan fingerprint density at radius 1 is 1.23 bits per heavy atom. The van der Waals surface area contributed by atoms with Gasteiger partial charge in [0.05, 0.1) is 10.8 Å². The summed E-state index contributed by atoms with van der Waals surface area (Å²) in [6.45, 7) is 0.757. The lowest BCUT2D eigenvalue weighted by Gasteiger charge is -2.16. The molecule has 1 unspecified atom stereocenters. The van der Waals surface area contributed by atoms with Crippen molar-refractivity contribution in [3.05, 3.63) is 48.3 Å². The van der Waals surface area contributed by atoms with Crippen LogP contribution in [-0.4, -0.2) is 48.8 Å². The smallest absolute Gasteiger partial charge is 0.256 e. The highest BCUT2D eigenvalue weighted by Crippen LogP contribution is 2.26. The van der Waals surface area contributed by atoms with Gasteiger partial charge in [-0.25, -0.2) is 8.42 Å². The number of hydrogen-bond acceptors (Lipinski definition) is 3. The first kappa shape index (κ1) is 14.8. The van der Waals surface area contributed by atoms with Crippen LogP contribution in [0, 0.1) is 0 Å². The number of carbonyl (C=O) groups excluding carboxylic acids is 1. The summed E-state index contributed by atoms with van der Waals surface area (Å²) >= 11 is 0. The Bertz CT molecular complexity index is 781. The SMILES string of the molecule is CS(=O)(=O)C1CCN(C(=O)c2c[nH]cc2-c2ccccc2)C1. The van der Waals surface area contributed by atoms with Gasteiger partial charge >= 0.3 is 0 Å². The first-order valence-electron chi connectivity index (χ1n) is 7.17. The number of H-pyrrole nitrogens is 1. The minimum absolute atomic E-state index is 0.119. The number of hydrogen-bond donors (Lipinski definition) is 1. The zero-order chi connectivity index (χ0) is 15.7. The van der Waals surface area contributed by atoms with E-state index in [2.05, 4.69) is 4.98 Å². The summed E-state index contributed by atoms with van der Waals surface area (Å²) in [5.74, 6) is -0.119. The Hall–Kier alpha value is -2.08. The third-order valence-electron chi connectivity index (χ3n) is 4.10. The molecule has 3 rings (SSSR count). The van der Waals surface area contributed by atoms with Crippen LogP contribution in [0.4, 0.5) is 0 Å². The molecule has 5 nitrogen and oxygen atoms in total. The van der Waals surface area contributed by atoms with Gasteiger partial charge in [-0.05, 0) is 12.0 Å². The van der Waals surface area contributed by atoms with Gasteiger partial charge in [-0.1, -0.05) is 30.3 Å². The molecule has 116 valence electrons. The van der Waals surface area contributed by atoms with E-state index < -0.39 is 15.1 Å². The number of likely N-dealkylation sites (tertiary alicyclic amines) is 1. The van der Waals surface area contributed by atoms with Gasteiger partial charge in [0.25, 0.3) is 5.91 Å². The summed E-state index contributed by atoms with van der Waals surface area (Å²) in [6.07, 6.45) is 5.22. The fourth-order valence-corrected chi connectivity index (χ4v) is 3.81. The molecule has 0 bridgehead atoms. The van der Waals surface area contributed by atoms with Crippen LogP contribution in [0.3, 0.4) is 0 Å². The summed E-state index contributed by atoms with van der Waals surface area (Å²) in [4.78, 5) is 17.3. The van der Waals surface area contributed by atoms with Crippen molar-refractivity contribution in [2.45, 2.75) is 11.7 Å². The van der Waals surface area contributed by atoms with Crippen LogP contribution in [-0.2, 0) is 9.84 Å². The summed E-state index contributed by atoms with van der Waals surface area (Å²) in [6, 6.07) is 9.67. The Balaban J connectivity index is 1.85.